The number of nitrogens with zero attached hydrogens (tertiary/aromatic N) is 2. The molecule has 0 spiro atoms. The van der Waals surface area contributed by atoms with Crippen molar-refractivity contribution in [1.29, 1.82) is 5.59 Å². The van der Waals surface area contributed by atoms with Gasteiger partial charge in [0.2, 0.25) is 0 Å². The minimum atomic E-state index is -3.90. The molecular weight excluding hydrogens is 462 g/mol. The summed E-state index contributed by atoms with van der Waals surface area (Å²) in [5, 5.41) is 5.54. The Balaban J connectivity index is 0.00000149. The minimum absolute atomic E-state index is 0.0733. The normalized spacial score (nSPS) is 11.1. The maximum Gasteiger partial charge on any atom is 0.264 e. The Kier molecular flexibility index (Phi) is 7.70. The lowest BCUT2D eigenvalue weighted by Crippen LogP contribution is -2.15. The minimum Gasteiger partial charge on any atom is -0.278 e. The van der Waals surface area contributed by atoms with E-state index in [1.54, 1.807) is 48.8 Å². The molecule has 3 aromatic carbocycles. The van der Waals surface area contributed by atoms with Crippen molar-refractivity contribution in [3.63, 3.8) is 0 Å². The van der Waals surface area contributed by atoms with E-state index < -0.39 is 10.0 Å². The van der Waals surface area contributed by atoms with Crippen LogP contribution in [0.15, 0.2) is 89.0 Å². The molecule has 0 bridgehead atoms. The molecule has 3 N–H and O–H groups in total. The molecule has 4 rings (SSSR count). The number of rotatable bonds is 6. The van der Waals surface area contributed by atoms with Crippen molar-refractivity contribution < 1.29 is 8.42 Å². The molecule has 0 aliphatic heterocycles. The van der Waals surface area contributed by atoms with Crippen molar-refractivity contribution in [2.24, 2.45) is 5.10 Å². The number of para-hydroxylation sites is 2. The topological polar surface area (TPSA) is 124 Å². The molecule has 0 unspecified atom stereocenters. The Morgan fingerprint density at radius 3 is 2.48 bits per heavy atom. The molecule has 0 atom stereocenters. The smallest absolute Gasteiger partial charge is 0.264 e. The van der Waals surface area contributed by atoms with E-state index in [2.05, 4.69) is 25.8 Å². The Labute approximate surface area is 196 Å². The number of aromatic nitrogens is 1. The molecule has 0 aliphatic carbocycles. The quantitative estimate of drug-likeness (QED) is 0.183. The first-order valence-corrected chi connectivity index (χ1v) is 11.5. The van der Waals surface area contributed by atoms with Crippen molar-refractivity contribution in [2.75, 3.05) is 10.1 Å². The highest BCUT2D eigenvalue weighted by molar-refractivity contribution is 7.93. The Morgan fingerprint density at radius 1 is 0.970 bits per heavy atom. The van der Waals surface area contributed by atoms with Gasteiger partial charge in [0.05, 0.1) is 28.1 Å². The number of halogens is 1. The monoisotopic (exact) mass is 481 g/mol. The lowest BCUT2D eigenvalue weighted by atomic mass is 10.1. The third kappa shape index (κ3) is 5.71. The molecule has 1 aromatic heterocycles. The lowest BCUT2D eigenvalue weighted by Gasteiger charge is -2.13. The number of anilines is 2. The molecule has 0 amide bonds. The first kappa shape index (κ1) is 23.8. The van der Waals surface area contributed by atoms with E-state index >= 15 is 0 Å². The molecule has 10 heteroatoms. The van der Waals surface area contributed by atoms with Crippen molar-refractivity contribution in [3.8, 4) is 0 Å². The van der Waals surface area contributed by atoms with Gasteiger partial charge >= 0.3 is 0 Å². The number of nitrogens with one attached hydrogen (secondary N) is 3. The summed E-state index contributed by atoms with van der Waals surface area (Å²) >= 11 is 6.12. The fraction of sp³-hybridized carbons (Fsp3) is 0.0435. The molecule has 0 saturated heterocycles. The number of nitroso groups, excluding NO2 is 1. The third-order valence-electron chi connectivity index (χ3n) is 4.62. The number of pyridine rings is 1. The molecule has 0 fully saturated rings. The predicted octanol–water partition coefficient (Wildman–Crippen LogP) is 5.77. The van der Waals surface area contributed by atoms with Crippen molar-refractivity contribution >= 4 is 50.1 Å². The van der Waals surface area contributed by atoms with Gasteiger partial charge in [-0.15, -0.1) is 0 Å². The number of benzene rings is 3. The number of hydrogen-bond donors (Lipinski definition) is 3. The number of aryl methyl sites for hydroxylation is 1. The maximum atomic E-state index is 13.1. The molecule has 33 heavy (non-hydrogen) atoms. The summed E-state index contributed by atoms with van der Waals surface area (Å²) in [7, 11) is -3.90. The summed E-state index contributed by atoms with van der Waals surface area (Å²) in [6.07, 6.45) is 3.35. The first-order valence-electron chi connectivity index (χ1n) is 9.65. The summed E-state index contributed by atoms with van der Waals surface area (Å²) in [6.45, 7) is 1.82. The van der Waals surface area contributed by atoms with Crippen LogP contribution >= 0.6 is 11.6 Å². The van der Waals surface area contributed by atoms with Gasteiger partial charge in [-0.1, -0.05) is 53.6 Å². The van der Waals surface area contributed by atoms with Crippen LogP contribution in [0, 0.1) is 17.4 Å². The summed E-state index contributed by atoms with van der Waals surface area (Å²) < 4.78 is 28.7. The third-order valence-corrected chi connectivity index (χ3v) is 6.35. The van der Waals surface area contributed by atoms with Crippen LogP contribution in [0.2, 0.25) is 5.02 Å². The van der Waals surface area contributed by atoms with Gasteiger partial charge in [-0.2, -0.15) is 10.0 Å². The second-order valence-corrected chi connectivity index (χ2v) is 8.93. The van der Waals surface area contributed by atoms with Gasteiger partial charge in [0.15, 0.2) is 0 Å². The molecule has 4 aromatic rings. The Hall–Kier alpha value is -3.82. The van der Waals surface area contributed by atoms with E-state index in [9.17, 15) is 8.42 Å². The van der Waals surface area contributed by atoms with E-state index in [1.807, 2.05) is 43.3 Å². The van der Waals surface area contributed by atoms with Crippen LogP contribution < -0.4 is 10.1 Å². The second-order valence-electron chi connectivity index (χ2n) is 6.87. The van der Waals surface area contributed by atoms with Crippen LogP contribution in [0.4, 0.5) is 11.4 Å². The lowest BCUT2D eigenvalue weighted by molar-refractivity contribution is 0.601. The molecule has 8 nitrogen and oxygen atoms in total. The fourth-order valence-corrected chi connectivity index (χ4v) is 4.65. The molecule has 0 radical (unpaired) electrons. The molecule has 0 aliphatic rings. The van der Waals surface area contributed by atoms with Crippen LogP contribution in [0.1, 0.15) is 11.1 Å². The fourth-order valence-electron chi connectivity index (χ4n) is 3.09. The van der Waals surface area contributed by atoms with E-state index in [4.69, 9.17) is 16.5 Å². The summed E-state index contributed by atoms with van der Waals surface area (Å²) in [5.41, 5.74) is 10.5. The van der Waals surface area contributed by atoms with Crippen molar-refractivity contribution in [1.82, 2.24) is 4.98 Å². The highest BCUT2D eigenvalue weighted by atomic mass is 35.5. The number of fused-ring (bicyclic) bond motifs is 1. The second kappa shape index (κ2) is 10.7. The zero-order valence-electron chi connectivity index (χ0n) is 17.5. The zero-order valence-corrected chi connectivity index (χ0v) is 19.1. The molecule has 1 heterocycles. The van der Waals surface area contributed by atoms with Crippen LogP contribution in [0.25, 0.3) is 10.9 Å². The summed E-state index contributed by atoms with van der Waals surface area (Å²) in [6, 6.07) is 21.3. The van der Waals surface area contributed by atoms with Gasteiger partial charge in [0.25, 0.3) is 10.0 Å². The maximum absolute atomic E-state index is 13.1. The van der Waals surface area contributed by atoms with Crippen molar-refractivity contribution in [3.05, 3.63) is 100 Å². The van der Waals surface area contributed by atoms with E-state index in [1.165, 1.54) is 0 Å². The van der Waals surface area contributed by atoms with Gasteiger partial charge in [-0.25, -0.2) is 8.42 Å². The number of sulfonamides is 1. The zero-order chi connectivity index (χ0) is 23.8. The standard InChI is InChI=1S/C23H19ClN4O2S.HNO/c1-16-10-11-22(23(14-16)31(29,30)28-21-9-5-3-7-19(21)24)27-26-15-17-12-13-25-20-8-4-2-6-18(17)20;1-2/h2-15,27-28H,1H3;1H/b26-15+;. The average molecular weight is 482 g/mol. The van der Waals surface area contributed by atoms with Crippen LogP contribution in [0.3, 0.4) is 0 Å². The van der Waals surface area contributed by atoms with E-state index in [0.717, 1.165) is 22.0 Å². The van der Waals surface area contributed by atoms with Crippen LogP contribution in [0.5, 0.6) is 0 Å². The van der Waals surface area contributed by atoms with E-state index in [-0.39, 0.29) is 4.90 Å². The van der Waals surface area contributed by atoms with Crippen LogP contribution in [-0.4, -0.2) is 19.6 Å². The SMILES string of the molecule is Cc1ccc(N/N=C/c2ccnc3ccccc23)c(S(=O)(=O)Nc2ccccc2Cl)c1.N=O. The Bertz CT molecular complexity index is 1410. The average Bonchev–Trinajstić information content (AvgIpc) is 2.83. The van der Waals surface area contributed by atoms with Gasteiger partial charge in [0.1, 0.15) is 4.90 Å². The largest absolute Gasteiger partial charge is 0.278 e. The molecule has 168 valence electrons. The van der Waals surface area contributed by atoms with E-state index in [0.29, 0.717) is 16.4 Å². The highest BCUT2D eigenvalue weighted by Gasteiger charge is 2.20. The van der Waals surface area contributed by atoms with Gasteiger partial charge < -0.3 is 0 Å². The Morgan fingerprint density at radius 2 is 1.70 bits per heavy atom. The summed E-state index contributed by atoms with van der Waals surface area (Å²) in [5.74, 6) is 0. The van der Waals surface area contributed by atoms with Crippen LogP contribution in [-0.2, 0) is 10.0 Å². The van der Waals surface area contributed by atoms with Gasteiger partial charge in [-0.05, 0) is 48.9 Å². The molecule has 0 saturated carbocycles. The first-order chi connectivity index (χ1) is 15.9. The molecular formula is C23H20ClN5O3S. The van der Waals surface area contributed by atoms with Gasteiger partial charge in [0, 0.05) is 17.1 Å². The predicted molar refractivity (Wildman–Crippen MR) is 132 cm³/mol. The number of hydrogen-bond acceptors (Lipinski definition) is 7. The van der Waals surface area contributed by atoms with Gasteiger partial charge in [-0.3, -0.25) is 15.1 Å². The highest BCUT2D eigenvalue weighted by Crippen LogP contribution is 2.28. The summed E-state index contributed by atoms with van der Waals surface area (Å²) in [4.78, 5) is 11.9. The number of hydrazone groups is 1. The van der Waals surface area contributed by atoms with Crippen molar-refractivity contribution in [2.45, 2.75) is 11.8 Å².